The third-order valence-corrected chi connectivity index (χ3v) is 9.09. The summed E-state index contributed by atoms with van der Waals surface area (Å²) in [6, 6.07) is 9.07. The van der Waals surface area contributed by atoms with E-state index in [2.05, 4.69) is 20.8 Å². The van der Waals surface area contributed by atoms with Crippen molar-refractivity contribution in [2.24, 2.45) is 5.73 Å². The van der Waals surface area contributed by atoms with E-state index in [1.807, 2.05) is 31.3 Å². The number of carbonyl (C=O) groups excluding carboxylic acids is 2. The molecule has 0 heterocycles. The summed E-state index contributed by atoms with van der Waals surface area (Å²) in [5.41, 5.74) is 5.66. The Morgan fingerprint density at radius 3 is 1.88 bits per heavy atom. The summed E-state index contributed by atoms with van der Waals surface area (Å²) < 4.78 is 11.9. The number of nitrogens with two attached hydrogens (primary N) is 1. The highest BCUT2D eigenvalue weighted by Gasteiger charge is 2.45. The quantitative estimate of drug-likeness (QED) is 0.599. The molecule has 1 aromatic rings. The van der Waals surface area contributed by atoms with Crippen molar-refractivity contribution in [3.63, 3.8) is 0 Å². The van der Waals surface area contributed by atoms with Crippen molar-refractivity contribution in [2.45, 2.75) is 77.3 Å². The van der Waals surface area contributed by atoms with Gasteiger partial charge in [0.25, 0.3) is 0 Å². The lowest BCUT2D eigenvalue weighted by Crippen LogP contribution is -2.51. The summed E-state index contributed by atoms with van der Waals surface area (Å²) in [4.78, 5) is 25.2. The van der Waals surface area contributed by atoms with Crippen molar-refractivity contribution in [1.82, 2.24) is 0 Å². The van der Waals surface area contributed by atoms with Gasteiger partial charge in [0.1, 0.15) is 17.6 Å². The van der Waals surface area contributed by atoms with Crippen LogP contribution in [0.2, 0.25) is 18.1 Å². The molecule has 1 rings (SSSR count). The lowest BCUT2D eigenvalue weighted by atomic mass is 9.92. The third kappa shape index (κ3) is 5.95. The minimum absolute atomic E-state index is 0.129. The molecule has 1 amide bonds. The van der Waals surface area contributed by atoms with Gasteiger partial charge in [-0.1, -0.05) is 51.1 Å². The predicted molar refractivity (Wildman–Crippen MR) is 106 cm³/mol. The molecule has 0 saturated heterocycles. The van der Waals surface area contributed by atoms with E-state index >= 15 is 0 Å². The number of hydrogen-bond donors (Lipinski definition) is 1. The second-order valence-electron chi connectivity index (χ2n) is 9.12. The molecule has 6 heteroatoms. The van der Waals surface area contributed by atoms with E-state index in [-0.39, 0.29) is 5.04 Å². The highest BCUT2D eigenvalue weighted by molar-refractivity contribution is 6.74. The Hall–Kier alpha value is -1.66. The molecule has 5 nitrogen and oxygen atoms in total. The molecule has 0 aliphatic rings. The molecular formula is C20H33NO4Si. The second-order valence-corrected chi connectivity index (χ2v) is 13.9. The van der Waals surface area contributed by atoms with E-state index in [0.29, 0.717) is 5.56 Å². The van der Waals surface area contributed by atoms with Crippen LogP contribution >= 0.6 is 0 Å². The van der Waals surface area contributed by atoms with Gasteiger partial charge >= 0.3 is 5.97 Å². The zero-order valence-electron chi connectivity index (χ0n) is 17.3. The van der Waals surface area contributed by atoms with E-state index in [0.717, 1.165) is 0 Å². The summed E-state index contributed by atoms with van der Waals surface area (Å²) in [6.45, 7) is 15.6. The maximum Gasteiger partial charge on any atom is 0.317 e. The minimum Gasteiger partial charge on any atom is -0.459 e. The van der Waals surface area contributed by atoms with Crippen molar-refractivity contribution in [1.29, 1.82) is 0 Å². The largest absolute Gasteiger partial charge is 0.459 e. The maximum absolute atomic E-state index is 12.9. The summed E-state index contributed by atoms with van der Waals surface area (Å²) in [5, 5.41) is -0.129. The number of amides is 1. The second kappa shape index (κ2) is 7.92. The predicted octanol–water partition coefficient (Wildman–Crippen LogP) is 3.99. The molecule has 1 aromatic carbocycles. The summed E-state index contributed by atoms with van der Waals surface area (Å²) in [6.07, 6.45) is -1.08. The molecular weight excluding hydrogens is 346 g/mol. The average molecular weight is 380 g/mol. The fourth-order valence-electron chi connectivity index (χ4n) is 2.24. The van der Waals surface area contributed by atoms with Crippen LogP contribution in [0.25, 0.3) is 0 Å². The van der Waals surface area contributed by atoms with Crippen molar-refractivity contribution in [3.05, 3.63) is 35.9 Å². The Morgan fingerprint density at radius 1 is 1.00 bits per heavy atom. The first-order valence-corrected chi connectivity index (χ1v) is 11.8. The first kappa shape index (κ1) is 22.4. The van der Waals surface area contributed by atoms with E-state index in [9.17, 15) is 9.59 Å². The van der Waals surface area contributed by atoms with E-state index in [1.165, 1.54) is 0 Å². The zero-order valence-corrected chi connectivity index (χ0v) is 18.3. The Balaban J connectivity index is 3.36. The number of benzene rings is 1. The summed E-state index contributed by atoms with van der Waals surface area (Å²) in [5.74, 6) is -2.07. The molecule has 26 heavy (non-hydrogen) atoms. The molecule has 2 atom stereocenters. The van der Waals surface area contributed by atoms with Gasteiger partial charge in [-0.05, 0) is 44.5 Å². The molecule has 0 radical (unpaired) electrons. The van der Waals surface area contributed by atoms with Crippen LogP contribution in [-0.4, -0.2) is 31.9 Å². The van der Waals surface area contributed by atoms with Crippen molar-refractivity contribution >= 4 is 20.2 Å². The van der Waals surface area contributed by atoms with Gasteiger partial charge in [0.15, 0.2) is 8.32 Å². The van der Waals surface area contributed by atoms with Crippen LogP contribution in [0, 0.1) is 0 Å². The first-order valence-electron chi connectivity index (χ1n) is 8.91. The molecule has 2 N–H and O–H groups in total. The molecule has 0 bridgehead atoms. The zero-order chi connectivity index (χ0) is 20.3. The van der Waals surface area contributed by atoms with Crippen LogP contribution in [0.1, 0.15) is 53.0 Å². The van der Waals surface area contributed by atoms with Crippen LogP contribution in [0.5, 0.6) is 0 Å². The number of primary amides is 1. The number of esters is 1. The first-order chi connectivity index (χ1) is 11.7. The lowest BCUT2D eigenvalue weighted by molar-refractivity contribution is -0.161. The average Bonchev–Trinajstić information content (AvgIpc) is 2.44. The fraction of sp³-hybridized carbons (Fsp3) is 0.600. The molecule has 0 fully saturated rings. The molecule has 0 unspecified atom stereocenters. The SMILES string of the molecule is CC(C)(C)OC(=O)[C@@H](c1ccccc1)[C@@H](O[Si](C)(C)C(C)(C)C)C(N)=O. The van der Waals surface area contributed by atoms with Crippen LogP contribution < -0.4 is 5.73 Å². The number of ether oxygens (including phenoxy) is 1. The number of carbonyl (C=O) groups is 2. The molecule has 0 spiro atoms. The molecule has 0 aliphatic carbocycles. The van der Waals surface area contributed by atoms with Crippen molar-refractivity contribution in [3.8, 4) is 0 Å². The van der Waals surface area contributed by atoms with E-state index < -0.39 is 37.8 Å². The Kier molecular flexibility index (Phi) is 6.82. The smallest absolute Gasteiger partial charge is 0.317 e. The van der Waals surface area contributed by atoms with Crippen LogP contribution in [0.15, 0.2) is 30.3 Å². The summed E-state index contributed by atoms with van der Waals surface area (Å²) >= 11 is 0. The minimum atomic E-state index is -2.34. The fourth-order valence-corrected chi connectivity index (χ4v) is 3.49. The lowest BCUT2D eigenvalue weighted by Gasteiger charge is -2.40. The van der Waals surface area contributed by atoms with Gasteiger partial charge < -0.3 is 14.9 Å². The van der Waals surface area contributed by atoms with Gasteiger partial charge in [0.2, 0.25) is 5.91 Å². The molecule has 146 valence electrons. The highest BCUT2D eigenvalue weighted by atomic mass is 28.4. The Labute approximate surface area is 158 Å². The monoisotopic (exact) mass is 379 g/mol. The standard InChI is InChI=1S/C20H33NO4Si/c1-19(2,3)24-18(23)15(14-12-10-9-11-13-14)16(17(21)22)25-26(7,8)20(4,5)6/h9-13,15-16H,1-8H3,(H2,21,22)/t15-,16+/m0/s1. The number of rotatable bonds is 6. The van der Waals surface area contributed by atoms with E-state index in [4.69, 9.17) is 14.9 Å². The highest BCUT2D eigenvalue weighted by Crippen LogP contribution is 2.39. The van der Waals surface area contributed by atoms with Crippen molar-refractivity contribution in [2.75, 3.05) is 0 Å². The van der Waals surface area contributed by atoms with Crippen LogP contribution in [0.3, 0.4) is 0 Å². The van der Waals surface area contributed by atoms with Gasteiger partial charge in [0.05, 0.1) is 0 Å². The maximum atomic E-state index is 12.9. The molecule has 0 aromatic heterocycles. The topological polar surface area (TPSA) is 78.6 Å². The van der Waals surface area contributed by atoms with Crippen LogP contribution in [0.4, 0.5) is 0 Å². The van der Waals surface area contributed by atoms with Crippen molar-refractivity contribution < 1.29 is 18.8 Å². The van der Waals surface area contributed by atoms with Gasteiger partial charge in [-0.2, -0.15) is 0 Å². The van der Waals surface area contributed by atoms with Gasteiger partial charge in [-0.25, -0.2) is 0 Å². The van der Waals surface area contributed by atoms with Crippen LogP contribution in [-0.2, 0) is 18.8 Å². The molecule has 0 aliphatic heterocycles. The normalized spacial score (nSPS) is 15.2. The molecule has 0 saturated carbocycles. The van der Waals surface area contributed by atoms with E-state index in [1.54, 1.807) is 32.9 Å². The summed E-state index contributed by atoms with van der Waals surface area (Å²) in [7, 11) is -2.34. The van der Waals surface area contributed by atoms with Gasteiger partial charge in [-0.3, -0.25) is 9.59 Å². The third-order valence-electron chi connectivity index (χ3n) is 4.63. The van der Waals surface area contributed by atoms with Gasteiger partial charge in [-0.15, -0.1) is 0 Å². The number of hydrogen-bond acceptors (Lipinski definition) is 4. The Morgan fingerprint density at radius 2 is 1.50 bits per heavy atom. The van der Waals surface area contributed by atoms with Gasteiger partial charge in [0, 0.05) is 0 Å². The Bertz CT molecular complexity index is 629.